The van der Waals surface area contributed by atoms with Gasteiger partial charge in [-0.2, -0.15) is 13.2 Å². The Hall–Kier alpha value is -4.54. The molecule has 4 rings (SSSR count). The lowest BCUT2D eigenvalue weighted by atomic mass is 9.99. The van der Waals surface area contributed by atoms with Gasteiger partial charge in [-0.25, -0.2) is 14.4 Å². The lowest BCUT2D eigenvalue weighted by molar-refractivity contribution is -0.155. The highest BCUT2D eigenvalue weighted by Gasteiger charge is 2.42. The summed E-state index contributed by atoms with van der Waals surface area (Å²) in [5.41, 5.74) is 1.83. The quantitative estimate of drug-likeness (QED) is 0.177. The number of rotatable bonds is 10. The smallest absolute Gasteiger partial charge is 0.412 e. The fraction of sp³-hybridized carbons (Fsp3) is 0.241. The molecule has 40 heavy (non-hydrogen) atoms. The summed E-state index contributed by atoms with van der Waals surface area (Å²) in [6, 6.07) is 11.8. The van der Waals surface area contributed by atoms with Crippen molar-refractivity contribution >= 4 is 22.9 Å². The van der Waals surface area contributed by atoms with Gasteiger partial charge in [-0.05, 0) is 78.9 Å². The fourth-order valence-corrected chi connectivity index (χ4v) is 4.24. The van der Waals surface area contributed by atoms with Gasteiger partial charge in [0.1, 0.15) is 11.6 Å². The third-order valence-corrected chi connectivity index (χ3v) is 6.27. The molecule has 0 aliphatic carbocycles. The molecule has 0 radical (unpaired) electrons. The van der Waals surface area contributed by atoms with E-state index < -0.39 is 29.9 Å². The van der Waals surface area contributed by atoms with E-state index in [0.717, 1.165) is 6.20 Å². The van der Waals surface area contributed by atoms with Gasteiger partial charge in [0, 0.05) is 23.6 Å². The van der Waals surface area contributed by atoms with Crippen molar-refractivity contribution < 1.29 is 37.0 Å². The molecule has 2 aromatic carbocycles. The third kappa shape index (κ3) is 6.90. The highest BCUT2D eigenvalue weighted by Crippen LogP contribution is 2.34. The van der Waals surface area contributed by atoms with Crippen LogP contribution >= 0.6 is 0 Å². The Morgan fingerprint density at radius 2 is 1.73 bits per heavy atom. The number of benzene rings is 2. The Labute approximate surface area is 226 Å². The normalized spacial score (nSPS) is 12.2. The van der Waals surface area contributed by atoms with Crippen molar-refractivity contribution in [3.63, 3.8) is 0 Å². The Balaban J connectivity index is 1.66. The van der Waals surface area contributed by atoms with E-state index >= 15 is 0 Å². The van der Waals surface area contributed by atoms with Crippen LogP contribution in [0.3, 0.4) is 0 Å². The van der Waals surface area contributed by atoms with Crippen molar-refractivity contribution in [2.75, 3.05) is 7.11 Å². The number of unbranched alkanes of at least 4 members (excludes halogenated alkanes) is 1. The number of aliphatic carboxylic acids is 1. The number of pyridine rings is 2. The van der Waals surface area contributed by atoms with Gasteiger partial charge in [-0.15, -0.1) is 0 Å². The zero-order valence-corrected chi connectivity index (χ0v) is 21.3. The molecule has 0 bridgehead atoms. The molecule has 0 unspecified atom stereocenters. The van der Waals surface area contributed by atoms with E-state index in [1.165, 1.54) is 49.6 Å². The molecule has 208 valence electrons. The molecule has 1 atom stereocenters. The van der Waals surface area contributed by atoms with Crippen LogP contribution in [0.25, 0.3) is 22.3 Å². The van der Waals surface area contributed by atoms with E-state index in [2.05, 4.69) is 9.97 Å². The number of carboxylic acids is 1. The summed E-state index contributed by atoms with van der Waals surface area (Å²) in [4.78, 5) is 32.6. The van der Waals surface area contributed by atoms with Gasteiger partial charge in [0.15, 0.2) is 11.7 Å². The maximum atomic E-state index is 13.9. The van der Waals surface area contributed by atoms with Crippen LogP contribution in [-0.2, 0) is 11.2 Å². The Morgan fingerprint density at radius 3 is 2.35 bits per heavy atom. The number of hydrogen-bond acceptors (Lipinski definition) is 5. The van der Waals surface area contributed by atoms with Crippen LogP contribution in [0.1, 0.15) is 46.8 Å². The largest absolute Gasteiger partial charge is 0.497 e. The topological polar surface area (TPSA) is 101 Å². The number of ether oxygens (including phenoxy) is 1. The molecule has 0 fully saturated rings. The number of hydrogen-bond donors (Lipinski definition) is 2. The van der Waals surface area contributed by atoms with Crippen molar-refractivity contribution in [2.24, 2.45) is 0 Å². The average molecular weight is 556 g/mol. The van der Waals surface area contributed by atoms with Gasteiger partial charge >= 0.3 is 12.1 Å². The minimum atomic E-state index is -4.76. The number of carboxylic acid groups (broad SMARTS) is 1. The maximum Gasteiger partial charge on any atom is 0.412 e. The lowest BCUT2D eigenvalue weighted by Gasteiger charge is -2.22. The first-order valence-electron chi connectivity index (χ1n) is 12.3. The molecule has 0 saturated carbocycles. The van der Waals surface area contributed by atoms with Crippen molar-refractivity contribution in [1.29, 1.82) is 0 Å². The monoisotopic (exact) mass is 555 g/mol. The number of methoxy groups -OCH3 is 1. The number of aromatic nitrogens is 2. The molecule has 0 aliphatic heterocycles. The standard InChI is InChI=1S/C29H25F4N3O4/c1-40-23-12-8-18(9-13-23)26(29(31,32)33)36-28(39)21-15-20-14-19(4-2-3-5-24(37)38)25(35-27(20)34-16-21)17-6-10-22(30)11-7-17/h6-16,26H,2-5H2,1H3,(H,36,39)(H,37,38)/t26-/m0/s1. The number of aryl methyl sites for hydroxylation is 1. The van der Waals surface area contributed by atoms with E-state index in [1.54, 1.807) is 18.2 Å². The molecule has 1 amide bonds. The zero-order chi connectivity index (χ0) is 28.9. The summed E-state index contributed by atoms with van der Waals surface area (Å²) in [5, 5.41) is 11.4. The number of fused-ring (bicyclic) bond motifs is 1. The Morgan fingerprint density at radius 1 is 1.02 bits per heavy atom. The van der Waals surface area contributed by atoms with E-state index in [1.807, 2.05) is 5.32 Å². The highest BCUT2D eigenvalue weighted by atomic mass is 19.4. The SMILES string of the molecule is COc1ccc([C@H](NC(=O)c2cnc3nc(-c4ccc(F)cc4)c(CCCCC(=O)O)cc3c2)C(F)(F)F)cc1. The number of carbonyl (C=O) groups excluding carboxylic acids is 1. The number of nitrogens with one attached hydrogen (secondary N) is 1. The number of halogens is 4. The van der Waals surface area contributed by atoms with Crippen LogP contribution in [0.15, 0.2) is 66.9 Å². The summed E-state index contributed by atoms with van der Waals surface area (Å²) in [7, 11) is 1.39. The summed E-state index contributed by atoms with van der Waals surface area (Å²) < 4.78 is 60.1. The first-order valence-corrected chi connectivity index (χ1v) is 12.3. The minimum absolute atomic E-state index is 0.00661. The van der Waals surface area contributed by atoms with Gasteiger partial charge in [-0.3, -0.25) is 9.59 Å². The minimum Gasteiger partial charge on any atom is -0.497 e. The van der Waals surface area contributed by atoms with Crippen LogP contribution < -0.4 is 10.1 Å². The third-order valence-electron chi connectivity index (χ3n) is 6.27. The van der Waals surface area contributed by atoms with Gasteiger partial charge in [0.05, 0.1) is 18.4 Å². The number of alkyl halides is 3. The van der Waals surface area contributed by atoms with E-state index in [0.29, 0.717) is 47.2 Å². The van der Waals surface area contributed by atoms with Crippen molar-refractivity contribution in [3.8, 4) is 17.0 Å². The Kier molecular flexibility index (Phi) is 8.61. The molecule has 4 aromatic rings. The Bertz CT molecular complexity index is 1510. The summed E-state index contributed by atoms with van der Waals surface area (Å²) in [6.45, 7) is 0. The summed E-state index contributed by atoms with van der Waals surface area (Å²) in [5.74, 6) is -1.94. The molecule has 2 aromatic heterocycles. The average Bonchev–Trinajstić information content (AvgIpc) is 2.93. The molecule has 0 saturated heterocycles. The maximum absolute atomic E-state index is 13.9. The van der Waals surface area contributed by atoms with Crippen molar-refractivity contribution in [3.05, 3.63) is 89.4 Å². The van der Waals surface area contributed by atoms with E-state index in [9.17, 15) is 27.2 Å². The van der Waals surface area contributed by atoms with Gasteiger partial charge in [0.2, 0.25) is 0 Å². The van der Waals surface area contributed by atoms with Crippen LogP contribution in [0.4, 0.5) is 17.6 Å². The van der Waals surface area contributed by atoms with Gasteiger partial charge < -0.3 is 15.2 Å². The van der Waals surface area contributed by atoms with Gasteiger partial charge in [0.25, 0.3) is 5.91 Å². The predicted molar refractivity (Wildman–Crippen MR) is 139 cm³/mol. The van der Waals surface area contributed by atoms with Crippen molar-refractivity contribution in [1.82, 2.24) is 15.3 Å². The van der Waals surface area contributed by atoms with Crippen LogP contribution in [-0.4, -0.2) is 40.2 Å². The molecule has 2 N–H and O–H groups in total. The van der Waals surface area contributed by atoms with Crippen LogP contribution in [0, 0.1) is 5.82 Å². The van der Waals surface area contributed by atoms with Crippen LogP contribution in [0.5, 0.6) is 5.75 Å². The molecule has 11 heteroatoms. The molecule has 0 spiro atoms. The molecular weight excluding hydrogens is 530 g/mol. The molecule has 7 nitrogen and oxygen atoms in total. The number of nitrogens with zero attached hydrogens (tertiary/aromatic N) is 2. The second kappa shape index (κ2) is 12.1. The van der Waals surface area contributed by atoms with Crippen LogP contribution in [0.2, 0.25) is 0 Å². The molecule has 0 aliphatic rings. The van der Waals surface area contributed by atoms with Crippen molar-refractivity contribution in [2.45, 2.75) is 37.9 Å². The lowest BCUT2D eigenvalue weighted by Crippen LogP contribution is -2.38. The molecule has 2 heterocycles. The number of carbonyl (C=O) groups is 2. The van der Waals surface area contributed by atoms with Gasteiger partial charge in [-0.1, -0.05) is 12.1 Å². The van der Waals surface area contributed by atoms with E-state index in [4.69, 9.17) is 9.84 Å². The highest BCUT2D eigenvalue weighted by molar-refractivity contribution is 5.97. The van der Waals surface area contributed by atoms with E-state index in [-0.39, 0.29) is 23.2 Å². The first-order chi connectivity index (χ1) is 19.0. The zero-order valence-electron chi connectivity index (χ0n) is 21.3. The second-order valence-corrected chi connectivity index (χ2v) is 9.10. The summed E-state index contributed by atoms with van der Waals surface area (Å²) >= 11 is 0. The number of amides is 1. The predicted octanol–water partition coefficient (Wildman–Crippen LogP) is 6.28. The molecular formula is C29H25F4N3O4. The fourth-order valence-electron chi connectivity index (χ4n) is 4.24. The second-order valence-electron chi connectivity index (χ2n) is 9.10. The summed E-state index contributed by atoms with van der Waals surface area (Å²) in [6.07, 6.45) is -2.24. The first kappa shape index (κ1) is 28.5.